The van der Waals surface area contributed by atoms with Crippen LogP contribution in [0.25, 0.3) is 6.08 Å². The Morgan fingerprint density at radius 2 is 2.05 bits per heavy atom. The van der Waals surface area contributed by atoms with Gasteiger partial charge in [0.2, 0.25) is 0 Å². The van der Waals surface area contributed by atoms with Gasteiger partial charge in [-0.05, 0) is 37.6 Å². The first-order valence-corrected chi connectivity index (χ1v) is 6.55. The first-order chi connectivity index (χ1) is 9.60. The SMILES string of the molecule is CCOc1ccc(/C=C\C(=O)c2cn(C)nc2C)cc1. The predicted octanol–water partition coefficient (Wildman–Crippen LogP) is 3.02. The lowest BCUT2D eigenvalue weighted by atomic mass is 10.1. The van der Waals surface area contributed by atoms with Gasteiger partial charge < -0.3 is 4.74 Å². The highest BCUT2D eigenvalue weighted by Gasteiger charge is 2.09. The molecule has 0 saturated carbocycles. The van der Waals surface area contributed by atoms with E-state index >= 15 is 0 Å². The lowest BCUT2D eigenvalue weighted by Gasteiger charge is -2.02. The molecule has 0 aliphatic heterocycles. The van der Waals surface area contributed by atoms with Crippen molar-refractivity contribution >= 4 is 11.9 Å². The van der Waals surface area contributed by atoms with E-state index in [9.17, 15) is 4.79 Å². The van der Waals surface area contributed by atoms with E-state index < -0.39 is 0 Å². The minimum atomic E-state index is -0.0375. The fourth-order valence-electron chi connectivity index (χ4n) is 1.95. The molecule has 0 unspecified atom stereocenters. The molecule has 0 aliphatic rings. The molecule has 0 amide bonds. The molecular weight excluding hydrogens is 252 g/mol. The van der Waals surface area contributed by atoms with Crippen molar-refractivity contribution < 1.29 is 9.53 Å². The van der Waals surface area contributed by atoms with Gasteiger partial charge in [0.05, 0.1) is 17.9 Å². The molecule has 0 saturated heterocycles. The number of ether oxygens (including phenoxy) is 1. The summed E-state index contributed by atoms with van der Waals surface area (Å²) in [4.78, 5) is 12.1. The fraction of sp³-hybridized carbons (Fsp3) is 0.250. The number of carbonyl (C=O) groups excluding carboxylic acids is 1. The third-order valence-electron chi connectivity index (χ3n) is 2.90. The maximum absolute atomic E-state index is 12.1. The standard InChI is InChI=1S/C16H18N2O2/c1-4-20-14-8-5-13(6-9-14)7-10-16(19)15-11-18(3)17-12(15)2/h5-11H,4H2,1-3H3/b10-7-. The van der Waals surface area contributed by atoms with Crippen LogP contribution in [0.2, 0.25) is 0 Å². The molecule has 0 bridgehead atoms. The number of ketones is 1. The summed E-state index contributed by atoms with van der Waals surface area (Å²) in [6.45, 7) is 4.43. The van der Waals surface area contributed by atoms with Gasteiger partial charge >= 0.3 is 0 Å². The first kappa shape index (κ1) is 14.1. The summed E-state index contributed by atoms with van der Waals surface area (Å²) in [6.07, 6.45) is 5.10. The van der Waals surface area contributed by atoms with Crippen LogP contribution in [0.3, 0.4) is 0 Å². The molecule has 0 atom stereocenters. The Bertz CT molecular complexity index is 624. The van der Waals surface area contributed by atoms with Crippen LogP contribution in [0.4, 0.5) is 0 Å². The number of carbonyl (C=O) groups is 1. The number of nitrogens with zero attached hydrogens (tertiary/aromatic N) is 2. The van der Waals surface area contributed by atoms with Crippen molar-refractivity contribution in [2.75, 3.05) is 6.61 Å². The van der Waals surface area contributed by atoms with E-state index in [1.54, 1.807) is 30.1 Å². The Morgan fingerprint density at radius 3 is 2.60 bits per heavy atom. The largest absolute Gasteiger partial charge is 0.494 e. The topological polar surface area (TPSA) is 44.1 Å². The highest BCUT2D eigenvalue weighted by Crippen LogP contribution is 2.14. The van der Waals surface area contributed by atoms with Crippen molar-refractivity contribution in [3.05, 3.63) is 53.4 Å². The second-order valence-electron chi connectivity index (χ2n) is 4.50. The molecule has 0 fully saturated rings. The molecule has 0 radical (unpaired) electrons. The van der Waals surface area contributed by atoms with Crippen LogP contribution in [-0.4, -0.2) is 22.2 Å². The number of hydrogen-bond acceptors (Lipinski definition) is 3. The molecule has 1 heterocycles. The van der Waals surface area contributed by atoms with Crippen LogP contribution in [0.15, 0.2) is 36.5 Å². The summed E-state index contributed by atoms with van der Waals surface area (Å²) in [6, 6.07) is 7.63. The Balaban J connectivity index is 2.09. The molecule has 4 nitrogen and oxygen atoms in total. The average molecular weight is 270 g/mol. The van der Waals surface area contributed by atoms with E-state index in [4.69, 9.17) is 4.74 Å². The third-order valence-corrected chi connectivity index (χ3v) is 2.90. The van der Waals surface area contributed by atoms with Crippen molar-refractivity contribution in [2.24, 2.45) is 7.05 Å². The minimum Gasteiger partial charge on any atom is -0.494 e. The average Bonchev–Trinajstić information content (AvgIpc) is 2.77. The Labute approximate surface area is 118 Å². The van der Waals surface area contributed by atoms with Crippen LogP contribution in [-0.2, 0) is 7.05 Å². The molecule has 0 spiro atoms. The maximum Gasteiger partial charge on any atom is 0.189 e. The normalized spacial score (nSPS) is 10.9. The third kappa shape index (κ3) is 3.35. The van der Waals surface area contributed by atoms with E-state index in [1.165, 1.54) is 0 Å². The molecule has 2 rings (SSSR count). The van der Waals surface area contributed by atoms with Gasteiger partial charge in [0.15, 0.2) is 5.78 Å². The molecule has 1 aromatic heterocycles. The Morgan fingerprint density at radius 1 is 1.35 bits per heavy atom. The fourth-order valence-corrected chi connectivity index (χ4v) is 1.95. The van der Waals surface area contributed by atoms with Gasteiger partial charge in [-0.15, -0.1) is 0 Å². The smallest absolute Gasteiger partial charge is 0.189 e. The highest BCUT2D eigenvalue weighted by atomic mass is 16.5. The Hall–Kier alpha value is -2.36. The predicted molar refractivity (Wildman–Crippen MR) is 78.9 cm³/mol. The molecule has 20 heavy (non-hydrogen) atoms. The monoisotopic (exact) mass is 270 g/mol. The molecule has 1 aromatic carbocycles. The van der Waals surface area contributed by atoms with E-state index in [-0.39, 0.29) is 5.78 Å². The van der Waals surface area contributed by atoms with Gasteiger partial charge in [-0.2, -0.15) is 5.10 Å². The number of hydrogen-bond donors (Lipinski definition) is 0. The number of aromatic nitrogens is 2. The summed E-state index contributed by atoms with van der Waals surface area (Å²) in [7, 11) is 1.81. The summed E-state index contributed by atoms with van der Waals surface area (Å²) < 4.78 is 7.02. The Kier molecular flexibility index (Phi) is 4.35. The number of rotatable bonds is 5. The van der Waals surface area contributed by atoms with E-state index in [1.807, 2.05) is 38.1 Å². The van der Waals surface area contributed by atoms with Gasteiger partial charge in [0.1, 0.15) is 5.75 Å². The second-order valence-corrected chi connectivity index (χ2v) is 4.50. The molecule has 0 N–H and O–H groups in total. The van der Waals surface area contributed by atoms with Crippen LogP contribution in [0.5, 0.6) is 5.75 Å². The first-order valence-electron chi connectivity index (χ1n) is 6.55. The van der Waals surface area contributed by atoms with E-state index in [0.717, 1.165) is 17.0 Å². The molecule has 4 heteroatoms. The van der Waals surface area contributed by atoms with E-state index in [0.29, 0.717) is 12.2 Å². The van der Waals surface area contributed by atoms with E-state index in [2.05, 4.69) is 5.10 Å². The zero-order chi connectivity index (χ0) is 14.5. The second kappa shape index (κ2) is 6.19. The van der Waals surface area contributed by atoms with Crippen LogP contribution >= 0.6 is 0 Å². The summed E-state index contributed by atoms with van der Waals surface area (Å²) in [5.74, 6) is 0.795. The van der Waals surface area contributed by atoms with Gasteiger partial charge in [0.25, 0.3) is 0 Å². The van der Waals surface area contributed by atoms with Gasteiger partial charge in [-0.1, -0.05) is 18.2 Å². The highest BCUT2D eigenvalue weighted by molar-refractivity contribution is 6.07. The zero-order valence-electron chi connectivity index (χ0n) is 12.0. The summed E-state index contributed by atoms with van der Waals surface area (Å²) in [5.41, 5.74) is 2.34. The zero-order valence-corrected chi connectivity index (χ0v) is 12.0. The van der Waals surface area contributed by atoms with Crippen molar-refractivity contribution in [1.82, 2.24) is 9.78 Å². The van der Waals surface area contributed by atoms with Crippen LogP contribution < -0.4 is 4.74 Å². The number of benzene rings is 1. The molecule has 2 aromatic rings. The summed E-state index contributed by atoms with van der Waals surface area (Å²) >= 11 is 0. The van der Waals surface area contributed by atoms with Crippen LogP contribution in [0, 0.1) is 6.92 Å². The van der Waals surface area contributed by atoms with Gasteiger partial charge in [-0.3, -0.25) is 9.48 Å². The minimum absolute atomic E-state index is 0.0375. The lowest BCUT2D eigenvalue weighted by Crippen LogP contribution is -1.94. The van der Waals surface area contributed by atoms with Crippen molar-refractivity contribution in [2.45, 2.75) is 13.8 Å². The van der Waals surface area contributed by atoms with Crippen LogP contribution in [0.1, 0.15) is 28.5 Å². The van der Waals surface area contributed by atoms with Gasteiger partial charge in [0, 0.05) is 13.2 Å². The molecular formula is C16H18N2O2. The van der Waals surface area contributed by atoms with Crippen molar-refractivity contribution in [3.8, 4) is 5.75 Å². The maximum atomic E-state index is 12.1. The number of aryl methyl sites for hydroxylation is 2. The van der Waals surface area contributed by atoms with Gasteiger partial charge in [-0.25, -0.2) is 0 Å². The molecule has 104 valence electrons. The molecule has 0 aliphatic carbocycles. The van der Waals surface area contributed by atoms with Crippen molar-refractivity contribution in [3.63, 3.8) is 0 Å². The summed E-state index contributed by atoms with van der Waals surface area (Å²) in [5, 5.41) is 4.16. The quantitative estimate of drug-likeness (QED) is 0.619. The lowest BCUT2D eigenvalue weighted by molar-refractivity contribution is 0.104. The number of allylic oxidation sites excluding steroid dienone is 1. The van der Waals surface area contributed by atoms with Crippen molar-refractivity contribution in [1.29, 1.82) is 0 Å².